The molecule has 0 atom stereocenters. The molecule has 0 saturated carbocycles. The van der Waals surface area contributed by atoms with Gasteiger partial charge in [-0.25, -0.2) is 0 Å². The SMILES string of the molecule is C/C(=C/Br)C1OC(C)(C)C(C)(C)O1. The van der Waals surface area contributed by atoms with E-state index in [1.165, 1.54) is 0 Å². The molecule has 1 aliphatic heterocycles. The third-order valence-electron chi connectivity index (χ3n) is 2.80. The van der Waals surface area contributed by atoms with Crippen LogP contribution in [-0.2, 0) is 9.47 Å². The zero-order chi connectivity index (χ0) is 10.3. The first-order chi connectivity index (χ1) is 5.80. The Hall–Kier alpha value is 0.140. The van der Waals surface area contributed by atoms with Gasteiger partial charge in [0.1, 0.15) is 0 Å². The van der Waals surface area contributed by atoms with Gasteiger partial charge in [-0.2, -0.15) is 0 Å². The maximum Gasteiger partial charge on any atom is 0.181 e. The molecule has 0 spiro atoms. The van der Waals surface area contributed by atoms with Gasteiger partial charge >= 0.3 is 0 Å². The second kappa shape index (κ2) is 3.37. The highest BCUT2D eigenvalue weighted by Gasteiger charge is 2.49. The zero-order valence-electron chi connectivity index (χ0n) is 8.85. The van der Waals surface area contributed by atoms with Crippen LogP contribution in [0.5, 0.6) is 0 Å². The molecule has 3 heteroatoms. The smallest absolute Gasteiger partial charge is 0.181 e. The average molecular weight is 249 g/mol. The second-order valence-corrected chi connectivity index (χ2v) is 4.90. The van der Waals surface area contributed by atoms with Crippen LogP contribution < -0.4 is 0 Å². The van der Waals surface area contributed by atoms with Crippen LogP contribution in [0.2, 0.25) is 0 Å². The number of hydrogen-bond acceptors (Lipinski definition) is 2. The predicted octanol–water partition coefficient (Wildman–Crippen LogP) is 3.22. The van der Waals surface area contributed by atoms with Gasteiger partial charge in [-0.3, -0.25) is 0 Å². The van der Waals surface area contributed by atoms with Crippen molar-refractivity contribution in [2.45, 2.75) is 52.1 Å². The summed E-state index contributed by atoms with van der Waals surface area (Å²) in [6, 6.07) is 0. The van der Waals surface area contributed by atoms with Crippen molar-refractivity contribution in [3.05, 3.63) is 10.6 Å². The van der Waals surface area contributed by atoms with Crippen LogP contribution >= 0.6 is 15.9 Å². The molecule has 76 valence electrons. The van der Waals surface area contributed by atoms with Crippen molar-refractivity contribution in [2.75, 3.05) is 0 Å². The summed E-state index contributed by atoms with van der Waals surface area (Å²) in [5, 5.41) is 0. The lowest BCUT2D eigenvalue weighted by Crippen LogP contribution is -2.41. The molecule has 1 heterocycles. The fourth-order valence-electron chi connectivity index (χ4n) is 1.08. The van der Waals surface area contributed by atoms with Gasteiger partial charge in [0.05, 0.1) is 11.2 Å². The summed E-state index contributed by atoms with van der Waals surface area (Å²) < 4.78 is 11.6. The van der Waals surface area contributed by atoms with E-state index < -0.39 is 0 Å². The van der Waals surface area contributed by atoms with Crippen molar-refractivity contribution < 1.29 is 9.47 Å². The molecule has 0 unspecified atom stereocenters. The van der Waals surface area contributed by atoms with E-state index in [-0.39, 0.29) is 17.5 Å². The van der Waals surface area contributed by atoms with Crippen molar-refractivity contribution >= 4 is 15.9 Å². The molecule has 1 rings (SSSR count). The molecule has 0 aromatic carbocycles. The Kier molecular flexibility index (Phi) is 2.91. The second-order valence-electron chi connectivity index (χ2n) is 4.44. The minimum absolute atomic E-state index is 0.218. The highest BCUT2D eigenvalue weighted by Crippen LogP contribution is 2.40. The molecule has 1 fully saturated rings. The van der Waals surface area contributed by atoms with Crippen molar-refractivity contribution in [3.63, 3.8) is 0 Å². The van der Waals surface area contributed by atoms with Crippen LogP contribution in [0, 0.1) is 0 Å². The third-order valence-corrected chi connectivity index (χ3v) is 3.52. The molecule has 0 aromatic rings. The molecule has 0 bridgehead atoms. The van der Waals surface area contributed by atoms with Crippen LogP contribution in [0.15, 0.2) is 10.6 Å². The quantitative estimate of drug-likeness (QED) is 0.710. The Bertz CT molecular complexity index is 215. The maximum absolute atomic E-state index is 5.80. The first-order valence-electron chi connectivity index (χ1n) is 4.43. The van der Waals surface area contributed by atoms with E-state index in [4.69, 9.17) is 9.47 Å². The third kappa shape index (κ3) is 1.97. The van der Waals surface area contributed by atoms with Crippen LogP contribution in [0.4, 0.5) is 0 Å². The molecule has 0 radical (unpaired) electrons. The Morgan fingerprint density at radius 3 is 1.85 bits per heavy atom. The molecular weight excluding hydrogens is 232 g/mol. The van der Waals surface area contributed by atoms with Gasteiger partial charge in [0.15, 0.2) is 6.29 Å². The van der Waals surface area contributed by atoms with Gasteiger partial charge in [0.2, 0.25) is 0 Å². The summed E-state index contributed by atoms with van der Waals surface area (Å²) in [6.45, 7) is 10.2. The fraction of sp³-hybridized carbons (Fsp3) is 0.800. The van der Waals surface area contributed by atoms with Gasteiger partial charge in [-0.15, -0.1) is 0 Å². The van der Waals surface area contributed by atoms with Crippen molar-refractivity contribution in [2.24, 2.45) is 0 Å². The Morgan fingerprint density at radius 2 is 1.54 bits per heavy atom. The summed E-state index contributed by atoms with van der Waals surface area (Å²) >= 11 is 3.28. The monoisotopic (exact) mass is 248 g/mol. The molecule has 2 nitrogen and oxygen atoms in total. The lowest BCUT2D eigenvalue weighted by Gasteiger charge is -2.30. The molecule has 0 aliphatic carbocycles. The largest absolute Gasteiger partial charge is 0.340 e. The Labute approximate surface area is 88.4 Å². The standard InChI is InChI=1S/C10H17BrO2/c1-7(6-11)8-12-9(2,3)10(4,5)13-8/h6,8H,1-5H3/b7-6-. The first kappa shape index (κ1) is 11.2. The van der Waals surface area contributed by atoms with Gasteiger partial charge in [-0.05, 0) is 45.2 Å². The lowest BCUT2D eigenvalue weighted by molar-refractivity contribution is -0.0585. The van der Waals surface area contributed by atoms with E-state index in [0.717, 1.165) is 5.57 Å². The van der Waals surface area contributed by atoms with Crippen molar-refractivity contribution in [1.82, 2.24) is 0 Å². The minimum Gasteiger partial charge on any atom is -0.340 e. The van der Waals surface area contributed by atoms with Crippen LogP contribution in [0.1, 0.15) is 34.6 Å². The fourth-order valence-corrected chi connectivity index (χ4v) is 1.30. The summed E-state index contributed by atoms with van der Waals surface area (Å²) in [5.41, 5.74) is 0.572. The van der Waals surface area contributed by atoms with E-state index in [9.17, 15) is 0 Å². The van der Waals surface area contributed by atoms with E-state index >= 15 is 0 Å². The molecule has 0 N–H and O–H groups in total. The van der Waals surface area contributed by atoms with Gasteiger partial charge in [0.25, 0.3) is 0 Å². The summed E-state index contributed by atoms with van der Waals surface area (Å²) in [5.74, 6) is 0. The molecule has 1 saturated heterocycles. The van der Waals surface area contributed by atoms with E-state index in [1.807, 2.05) is 11.9 Å². The number of hydrogen-bond donors (Lipinski definition) is 0. The van der Waals surface area contributed by atoms with E-state index in [1.54, 1.807) is 0 Å². The number of halogens is 1. The lowest BCUT2D eigenvalue weighted by atomic mass is 9.90. The van der Waals surface area contributed by atoms with Crippen LogP contribution in [-0.4, -0.2) is 17.5 Å². The highest BCUT2D eigenvalue weighted by molar-refractivity contribution is 9.11. The number of rotatable bonds is 1. The molecule has 0 amide bonds. The van der Waals surface area contributed by atoms with E-state index in [0.29, 0.717) is 0 Å². The van der Waals surface area contributed by atoms with Gasteiger partial charge < -0.3 is 9.47 Å². The Balaban J connectivity index is 2.82. The normalized spacial score (nSPS) is 28.0. The summed E-state index contributed by atoms with van der Waals surface area (Å²) in [6.07, 6.45) is -0.218. The Morgan fingerprint density at radius 1 is 1.15 bits per heavy atom. The minimum atomic E-state index is -0.241. The summed E-state index contributed by atoms with van der Waals surface area (Å²) in [7, 11) is 0. The average Bonchev–Trinajstić information content (AvgIpc) is 2.20. The van der Waals surface area contributed by atoms with E-state index in [2.05, 4.69) is 43.6 Å². The molecule has 13 heavy (non-hydrogen) atoms. The molecule has 1 aliphatic rings. The molecule has 0 aromatic heterocycles. The predicted molar refractivity (Wildman–Crippen MR) is 56.8 cm³/mol. The topological polar surface area (TPSA) is 18.5 Å². The number of ether oxygens (including phenoxy) is 2. The van der Waals surface area contributed by atoms with Gasteiger partial charge in [-0.1, -0.05) is 15.9 Å². The van der Waals surface area contributed by atoms with Crippen molar-refractivity contribution in [3.8, 4) is 0 Å². The maximum atomic E-state index is 5.80. The van der Waals surface area contributed by atoms with Crippen LogP contribution in [0.3, 0.4) is 0 Å². The van der Waals surface area contributed by atoms with Gasteiger partial charge in [0, 0.05) is 0 Å². The molecular formula is C10H17BrO2. The highest BCUT2D eigenvalue weighted by atomic mass is 79.9. The first-order valence-corrected chi connectivity index (χ1v) is 5.34. The zero-order valence-corrected chi connectivity index (χ0v) is 10.4. The van der Waals surface area contributed by atoms with Crippen LogP contribution in [0.25, 0.3) is 0 Å². The summed E-state index contributed by atoms with van der Waals surface area (Å²) in [4.78, 5) is 1.84. The van der Waals surface area contributed by atoms with Crippen molar-refractivity contribution in [1.29, 1.82) is 0 Å².